The minimum absolute atomic E-state index is 0.00942. The van der Waals surface area contributed by atoms with E-state index in [0.717, 1.165) is 0 Å². The number of carboxylic acid groups (broad SMARTS) is 1. The molecule has 21 heavy (non-hydrogen) atoms. The summed E-state index contributed by atoms with van der Waals surface area (Å²) in [5, 5.41) is 12.8. The predicted octanol–water partition coefficient (Wildman–Crippen LogP) is 2.57. The van der Waals surface area contributed by atoms with Crippen LogP contribution in [0.1, 0.15) is 29.0 Å². The quantitative estimate of drug-likeness (QED) is 0.875. The van der Waals surface area contributed by atoms with Gasteiger partial charge in [-0.25, -0.2) is 4.79 Å². The lowest BCUT2D eigenvalue weighted by molar-refractivity contribution is 0.0696. The number of carboxylic acids is 1. The van der Waals surface area contributed by atoms with Crippen LogP contribution in [-0.2, 0) is 13.0 Å². The molecule has 0 amide bonds. The number of rotatable bonds is 6. The van der Waals surface area contributed by atoms with E-state index in [0.29, 0.717) is 18.1 Å². The highest BCUT2D eigenvalue weighted by molar-refractivity contribution is 6.32. The maximum atomic E-state index is 11.0. The highest BCUT2D eigenvalue weighted by Crippen LogP contribution is 2.36. The second kappa shape index (κ2) is 6.45. The predicted molar refractivity (Wildman–Crippen MR) is 73.0 cm³/mol. The van der Waals surface area contributed by atoms with Crippen LogP contribution in [0, 0.1) is 0 Å². The van der Waals surface area contributed by atoms with E-state index in [4.69, 9.17) is 30.7 Å². The molecule has 1 N–H and O–H groups in total. The number of benzene rings is 1. The fourth-order valence-electron chi connectivity index (χ4n) is 1.61. The molecule has 1 aromatic carbocycles. The summed E-state index contributed by atoms with van der Waals surface area (Å²) in [5.74, 6) is 0.210. The summed E-state index contributed by atoms with van der Waals surface area (Å²) in [4.78, 5) is 15.1. The van der Waals surface area contributed by atoms with Crippen LogP contribution >= 0.6 is 11.6 Å². The van der Waals surface area contributed by atoms with Crippen molar-refractivity contribution in [2.24, 2.45) is 0 Å². The van der Waals surface area contributed by atoms with E-state index >= 15 is 0 Å². The first-order chi connectivity index (χ1) is 10.0. The number of nitrogens with zero attached hydrogens (tertiary/aromatic N) is 2. The van der Waals surface area contributed by atoms with Gasteiger partial charge < -0.3 is 19.1 Å². The largest absolute Gasteiger partial charge is 0.493 e. The van der Waals surface area contributed by atoms with E-state index < -0.39 is 5.97 Å². The molecule has 0 unspecified atom stereocenters. The van der Waals surface area contributed by atoms with Crippen molar-refractivity contribution in [3.63, 3.8) is 0 Å². The molecule has 112 valence electrons. The van der Waals surface area contributed by atoms with E-state index in [9.17, 15) is 4.79 Å². The zero-order valence-corrected chi connectivity index (χ0v) is 12.2. The van der Waals surface area contributed by atoms with Crippen molar-refractivity contribution in [1.82, 2.24) is 10.1 Å². The SMILES string of the molecule is CCc1noc(COc2c(Cl)cc(C(=O)O)cc2OC)n1. The van der Waals surface area contributed by atoms with Gasteiger partial charge in [-0.2, -0.15) is 4.98 Å². The first-order valence-electron chi connectivity index (χ1n) is 6.10. The van der Waals surface area contributed by atoms with Crippen molar-refractivity contribution in [2.75, 3.05) is 7.11 Å². The Morgan fingerprint density at radius 3 is 2.81 bits per heavy atom. The highest BCUT2D eigenvalue weighted by atomic mass is 35.5. The Kier molecular flexibility index (Phi) is 4.64. The van der Waals surface area contributed by atoms with Gasteiger partial charge in [0, 0.05) is 6.42 Å². The van der Waals surface area contributed by atoms with E-state index in [1.807, 2.05) is 6.92 Å². The average Bonchev–Trinajstić information content (AvgIpc) is 2.93. The molecule has 2 rings (SSSR count). The first kappa shape index (κ1) is 15.1. The molecule has 7 nitrogen and oxygen atoms in total. The third kappa shape index (κ3) is 3.43. The number of aromatic carboxylic acids is 1. The van der Waals surface area contributed by atoms with Crippen LogP contribution in [0.5, 0.6) is 11.5 Å². The molecule has 0 atom stereocenters. The molecule has 0 aliphatic heterocycles. The van der Waals surface area contributed by atoms with Gasteiger partial charge in [0.2, 0.25) is 0 Å². The molecule has 1 heterocycles. The van der Waals surface area contributed by atoms with Crippen molar-refractivity contribution in [3.8, 4) is 11.5 Å². The number of ether oxygens (including phenoxy) is 2. The maximum absolute atomic E-state index is 11.0. The van der Waals surface area contributed by atoms with Crippen LogP contribution in [-0.4, -0.2) is 28.3 Å². The Morgan fingerprint density at radius 1 is 1.48 bits per heavy atom. The molecule has 2 aromatic rings. The number of hydrogen-bond acceptors (Lipinski definition) is 6. The molecular weight excluding hydrogens is 300 g/mol. The molecular formula is C13H13ClN2O5. The van der Waals surface area contributed by atoms with Crippen molar-refractivity contribution in [2.45, 2.75) is 20.0 Å². The van der Waals surface area contributed by atoms with Gasteiger partial charge in [-0.15, -0.1) is 0 Å². The fourth-order valence-corrected chi connectivity index (χ4v) is 1.87. The van der Waals surface area contributed by atoms with E-state index in [2.05, 4.69) is 10.1 Å². The van der Waals surface area contributed by atoms with Crippen LogP contribution in [0.25, 0.3) is 0 Å². The van der Waals surface area contributed by atoms with Gasteiger partial charge in [-0.05, 0) is 12.1 Å². The Labute approximate surface area is 125 Å². The van der Waals surface area contributed by atoms with Crippen molar-refractivity contribution < 1.29 is 23.9 Å². The molecule has 1 aromatic heterocycles. The third-order valence-electron chi connectivity index (χ3n) is 2.64. The van der Waals surface area contributed by atoms with Crippen LogP contribution in [0.2, 0.25) is 5.02 Å². The second-order valence-electron chi connectivity index (χ2n) is 4.04. The smallest absolute Gasteiger partial charge is 0.335 e. The molecule has 0 saturated heterocycles. The number of aromatic nitrogens is 2. The lowest BCUT2D eigenvalue weighted by Crippen LogP contribution is -2.02. The monoisotopic (exact) mass is 312 g/mol. The normalized spacial score (nSPS) is 10.4. The molecule has 0 aliphatic rings. The highest BCUT2D eigenvalue weighted by Gasteiger charge is 2.16. The first-order valence-corrected chi connectivity index (χ1v) is 6.48. The molecule has 8 heteroatoms. The van der Waals surface area contributed by atoms with Crippen LogP contribution in [0.3, 0.4) is 0 Å². The summed E-state index contributed by atoms with van der Waals surface area (Å²) in [5.41, 5.74) is 0.00950. The molecule has 0 saturated carbocycles. The third-order valence-corrected chi connectivity index (χ3v) is 2.92. The number of carbonyl (C=O) groups is 1. The molecule has 0 fully saturated rings. The Morgan fingerprint density at radius 2 is 2.24 bits per heavy atom. The summed E-state index contributed by atoms with van der Waals surface area (Å²) in [6, 6.07) is 2.61. The van der Waals surface area contributed by atoms with E-state index in [-0.39, 0.29) is 28.7 Å². The minimum Gasteiger partial charge on any atom is -0.493 e. The number of hydrogen-bond donors (Lipinski definition) is 1. The Hall–Kier alpha value is -2.28. The van der Waals surface area contributed by atoms with Gasteiger partial charge in [-0.1, -0.05) is 23.7 Å². The van der Waals surface area contributed by atoms with E-state index in [1.54, 1.807) is 0 Å². The summed E-state index contributed by atoms with van der Waals surface area (Å²) < 4.78 is 15.6. The van der Waals surface area contributed by atoms with Crippen LogP contribution < -0.4 is 9.47 Å². The molecule has 0 bridgehead atoms. The van der Waals surface area contributed by atoms with E-state index in [1.165, 1.54) is 19.2 Å². The topological polar surface area (TPSA) is 94.7 Å². The maximum Gasteiger partial charge on any atom is 0.335 e. The van der Waals surface area contributed by atoms with Crippen LogP contribution in [0.4, 0.5) is 0 Å². The molecule has 0 spiro atoms. The summed E-state index contributed by atoms with van der Waals surface area (Å²) in [6.45, 7) is 1.91. The van der Waals surface area contributed by atoms with Crippen molar-refractivity contribution in [1.29, 1.82) is 0 Å². The Balaban J connectivity index is 2.20. The van der Waals surface area contributed by atoms with Crippen molar-refractivity contribution >= 4 is 17.6 Å². The van der Waals surface area contributed by atoms with Gasteiger partial charge in [0.05, 0.1) is 17.7 Å². The second-order valence-corrected chi connectivity index (χ2v) is 4.45. The number of aryl methyl sites for hydroxylation is 1. The fraction of sp³-hybridized carbons (Fsp3) is 0.308. The Bertz CT molecular complexity index is 656. The summed E-state index contributed by atoms with van der Waals surface area (Å²) in [7, 11) is 1.39. The van der Waals surface area contributed by atoms with Gasteiger partial charge in [0.15, 0.2) is 23.9 Å². The van der Waals surface area contributed by atoms with Gasteiger partial charge in [-0.3, -0.25) is 0 Å². The summed E-state index contributed by atoms with van der Waals surface area (Å²) >= 11 is 6.02. The minimum atomic E-state index is -1.11. The zero-order chi connectivity index (χ0) is 15.4. The lowest BCUT2D eigenvalue weighted by Gasteiger charge is -2.11. The standard InChI is InChI=1S/C13H13ClN2O5/c1-3-10-15-11(21-16-10)6-20-12-8(14)4-7(13(17)18)5-9(12)19-2/h4-5H,3,6H2,1-2H3,(H,17,18). The van der Waals surface area contributed by atoms with Gasteiger partial charge in [0.25, 0.3) is 5.89 Å². The lowest BCUT2D eigenvalue weighted by atomic mass is 10.2. The summed E-state index contributed by atoms with van der Waals surface area (Å²) in [6.07, 6.45) is 0.654. The molecule has 0 aliphatic carbocycles. The van der Waals surface area contributed by atoms with Crippen LogP contribution in [0.15, 0.2) is 16.7 Å². The molecule has 0 radical (unpaired) electrons. The van der Waals surface area contributed by atoms with Crippen molar-refractivity contribution in [3.05, 3.63) is 34.4 Å². The van der Waals surface area contributed by atoms with Gasteiger partial charge in [0.1, 0.15) is 0 Å². The van der Waals surface area contributed by atoms with Gasteiger partial charge >= 0.3 is 5.97 Å². The number of methoxy groups -OCH3 is 1. The number of halogens is 1. The average molecular weight is 313 g/mol. The zero-order valence-electron chi connectivity index (χ0n) is 11.4.